The molecule has 4 atom stereocenters. The zero-order valence-electron chi connectivity index (χ0n) is 17.9. The maximum Gasteiger partial charge on any atom is 0.321 e. The minimum atomic E-state index is -0.722. The molecule has 1 aromatic rings. The highest BCUT2D eigenvalue weighted by Gasteiger charge is 2.61. The molecule has 1 aliphatic carbocycles. The maximum absolute atomic E-state index is 13.3. The van der Waals surface area contributed by atoms with Crippen LogP contribution in [0.2, 0.25) is 0 Å². The average Bonchev–Trinajstić information content (AvgIpc) is 3.38. The summed E-state index contributed by atoms with van der Waals surface area (Å²) in [4.78, 5) is 55.0. The number of pyridine rings is 1. The minimum absolute atomic E-state index is 0.0881. The molecule has 10 nitrogen and oxygen atoms in total. The lowest BCUT2D eigenvalue weighted by Gasteiger charge is -2.49. The number of carbonyl (C=O) groups excluding carboxylic acids is 4. The summed E-state index contributed by atoms with van der Waals surface area (Å²) >= 11 is 0. The highest BCUT2D eigenvalue weighted by Crippen LogP contribution is 2.54. The second-order valence-electron chi connectivity index (χ2n) is 8.97. The van der Waals surface area contributed by atoms with E-state index in [4.69, 9.17) is 0 Å². The minimum Gasteiger partial charge on any atom is -0.337 e. The van der Waals surface area contributed by atoms with E-state index in [0.29, 0.717) is 30.9 Å². The number of piperidine rings is 1. The third-order valence-electron chi connectivity index (χ3n) is 7.24. The van der Waals surface area contributed by atoms with Crippen molar-refractivity contribution in [1.82, 2.24) is 25.6 Å². The topological polar surface area (TPSA) is 132 Å². The van der Waals surface area contributed by atoms with Gasteiger partial charge in [0, 0.05) is 24.5 Å². The Hall–Kier alpha value is -3.01. The molecule has 32 heavy (non-hydrogen) atoms. The van der Waals surface area contributed by atoms with Crippen LogP contribution in [-0.4, -0.2) is 69.1 Å². The Morgan fingerprint density at radius 1 is 1.28 bits per heavy atom. The molecular weight excluding hydrogens is 414 g/mol. The molecule has 2 aliphatic heterocycles. The predicted molar refractivity (Wildman–Crippen MR) is 112 cm³/mol. The molecule has 0 bridgehead atoms. The Kier molecular flexibility index (Phi) is 6.40. The lowest BCUT2D eigenvalue weighted by atomic mass is 9.74. The van der Waals surface area contributed by atoms with E-state index in [2.05, 4.69) is 15.6 Å². The van der Waals surface area contributed by atoms with Crippen LogP contribution in [0.4, 0.5) is 4.79 Å². The molecule has 3 N–H and O–H groups in total. The van der Waals surface area contributed by atoms with Crippen molar-refractivity contribution in [2.45, 2.75) is 56.5 Å². The fourth-order valence-corrected chi connectivity index (χ4v) is 5.85. The average molecular weight is 444 g/mol. The normalized spacial score (nSPS) is 28.6. The lowest BCUT2D eigenvalue weighted by molar-refractivity contribution is -0.166. The fraction of sp³-hybridized carbons (Fsp3) is 0.591. The molecule has 1 saturated carbocycles. The number of urea groups is 1. The van der Waals surface area contributed by atoms with E-state index in [9.17, 15) is 24.4 Å². The van der Waals surface area contributed by atoms with Crippen LogP contribution in [0.1, 0.15) is 44.1 Å². The molecule has 4 rings (SSSR count). The van der Waals surface area contributed by atoms with E-state index in [1.54, 1.807) is 17.3 Å². The summed E-state index contributed by atoms with van der Waals surface area (Å²) in [5.74, 6) is -1.03. The van der Waals surface area contributed by atoms with Crippen LogP contribution in [0, 0.1) is 11.8 Å². The van der Waals surface area contributed by atoms with Gasteiger partial charge in [-0.2, -0.15) is 0 Å². The highest BCUT2D eigenvalue weighted by molar-refractivity contribution is 5.99. The second kappa shape index (κ2) is 9.23. The quantitative estimate of drug-likeness (QED) is 0.325. The Morgan fingerprint density at radius 2 is 2.06 bits per heavy atom. The third kappa shape index (κ3) is 4.19. The van der Waals surface area contributed by atoms with Gasteiger partial charge >= 0.3 is 6.03 Å². The molecule has 5 amide bonds. The van der Waals surface area contributed by atoms with Crippen LogP contribution < -0.4 is 10.6 Å². The number of nitrogens with one attached hydrogen (secondary N) is 2. The molecule has 3 aliphatic rings. The van der Waals surface area contributed by atoms with Crippen LogP contribution in [0.3, 0.4) is 0 Å². The molecule has 3 heterocycles. The van der Waals surface area contributed by atoms with E-state index in [1.165, 1.54) is 0 Å². The Morgan fingerprint density at radius 3 is 2.81 bits per heavy atom. The van der Waals surface area contributed by atoms with Crippen molar-refractivity contribution in [3.05, 3.63) is 30.1 Å². The summed E-state index contributed by atoms with van der Waals surface area (Å²) in [6.45, 7) is 0.276. The van der Waals surface area contributed by atoms with Crippen LogP contribution in [0.5, 0.6) is 0 Å². The van der Waals surface area contributed by atoms with Crippen molar-refractivity contribution in [3.63, 3.8) is 0 Å². The van der Waals surface area contributed by atoms with Crippen molar-refractivity contribution >= 4 is 24.3 Å². The number of amides is 5. The van der Waals surface area contributed by atoms with Crippen LogP contribution in [0.15, 0.2) is 24.5 Å². The van der Waals surface area contributed by atoms with Gasteiger partial charge in [0.05, 0.1) is 12.5 Å². The molecule has 0 aromatic carbocycles. The van der Waals surface area contributed by atoms with Gasteiger partial charge in [-0.1, -0.05) is 6.42 Å². The molecule has 2 unspecified atom stereocenters. The van der Waals surface area contributed by atoms with Gasteiger partial charge in [-0.3, -0.25) is 29.9 Å². The molecule has 3 fully saturated rings. The van der Waals surface area contributed by atoms with Crippen LogP contribution in [-0.2, 0) is 20.8 Å². The van der Waals surface area contributed by atoms with Crippen molar-refractivity contribution in [2.75, 3.05) is 13.1 Å². The van der Waals surface area contributed by atoms with Crippen LogP contribution >= 0.6 is 0 Å². The molecule has 0 radical (unpaired) electrons. The summed E-state index contributed by atoms with van der Waals surface area (Å²) < 4.78 is 0. The van der Waals surface area contributed by atoms with E-state index >= 15 is 0 Å². The molecule has 172 valence electrons. The van der Waals surface area contributed by atoms with Crippen molar-refractivity contribution in [1.29, 1.82) is 0 Å². The van der Waals surface area contributed by atoms with Gasteiger partial charge in [-0.25, -0.2) is 9.86 Å². The molecule has 10 heteroatoms. The first-order chi connectivity index (χ1) is 15.4. The third-order valence-corrected chi connectivity index (χ3v) is 7.24. The number of nitrogens with zero attached hydrogens (tertiary/aromatic N) is 3. The maximum atomic E-state index is 13.3. The van der Waals surface area contributed by atoms with Gasteiger partial charge in [0.15, 0.2) is 0 Å². The first-order valence-corrected chi connectivity index (χ1v) is 11.2. The van der Waals surface area contributed by atoms with E-state index < -0.39 is 23.9 Å². The zero-order valence-corrected chi connectivity index (χ0v) is 17.9. The molecule has 1 spiro atoms. The second-order valence-corrected chi connectivity index (χ2v) is 8.97. The number of hydrogen-bond donors (Lipinski definition) is 3. The fourth-order valence-electron chi connectivity index (χ4n) is 5.85. The number of aromatic nitrogens is 1. The first-order valence-electron chi connectivity index (χ1n) is 11.2. The van der Waals surface area contributed by atoms with E-state index in [1.807, 2.05) is 12.1 Å². The van der Waals surface area contributed by atoms with Crippen molar-refractivity contribution in [3.8, 4) is 0 Å². The number of imide groups is 1. The van der Waals surface area contributed by atoms with Gasteiger partial charge < -0.3 is 10.2 Å². The number of hydroxylamine groups is 2. The standard InChI is InChI=1S/C22H29N5O5/c28-14-26(32)13-16-12-17-2-1-7-22(17)8-3-18(27(22)20(16)30)19(29)25-21(31)24-11-6-15-4-9-23-10-5-15/h4-5,9-10,14,16-18,32H,1-3,6-8,11-13H2,(H2,24,25,29,31)/t16-,17?,18+,22?/m1/s1. The lowest BCUT2D eigenvalue weighted by Crippen LogP contribution is -2.63. The number of carbonyl (C=O) groups is 4. The Balaban J connectivity index is 1.39. The van der Waals surface area contributed by atoms with Gasteiger partial charge in [0.1, 0.15) is 6.04 Å². The van der Waals surface area contributed by atoms with Gasteiger partial charge in [0.2, 0.25) is 12.3 Å². The predicted octanol–water partition coefficient (Wildman–Crippen LogP) is 0.847. The van der Waals surface area contributed by atoms with Gasteiger partial charge in [-0.15, -0.1) is 0 Å². The van der Waals surface area contributed by atoms with Crippen molar-refractivity contribution < 1.29 is 24.4 Å². The first kappa shape index (κ1) is 22.2. The molecule has 2 saturated heterocycles. The largest absolute Gasteiger partial charge is 0.337 e. The highest BCUT2D eigenvalue weighted by atomic mass is 16.5. The van der Waals surface area contributed by atoms with Crippen LogP contribution in [0.25, 0.3) is 0 Å². The Labute approximate surface area is 186 Å². The summed E-state index contributed by atoms with van der Waals surface area (Å²) in [6, 6.07) is 2.41. The van der Waals surface area contributed by atoms with Crippen molar-refractivity contribution in [2.24, 2.45) is 11.8 Å². The summed E-state index contributed by atoms with van der Waals surface area (Å²) in [5, 5.41) is 15.2. The SMILES string of the molecule is O=CN(O)C[C@H]1CC2CCCC23CC[C@@H](C(=O)NC(=O)NCCc2ccncc2)N3C1=O. The molecular formula is C22H29N5O5. The Bertz CT molecular complexity index is 881. The number of rotatable bonds is 7. The smallest absolute Gasteiger partial charge is 0.321 e. The zero-order chi connectivity index (χ0) is 22.7. The number of hydrogen-bond acceptors (Lipinski definition) is 6. The molecule has 1 aromatic heterocycles. The van der Waals surface area contributed by atoms with Gasteiger partial charge in [-0.05, 0) is 62.1 Å². The van der Waals surface area contributed by atoms with Gasteiger partial charge in [0.25, 0.3) is 5.91 Å². The monoisotopic (exact) mass is 443 g/mol. The van der Waals surface area contributed by atoms with E-state index in [-0.39, 0.29) is 30.3 Å². The summed E-state index contributed by atoms with van der Waals surface area (Å²) in [6.07, 6.45) is 8.86. The van der Waals surface area contributed by atoms with E-state index in [0.717, 1.165) is 31.2 Å². The summed E-state index contributed by atoms with van der Waals surface area (Å²) in [7, 11) is 0. The summed E-state index contributed by atoms with van der Waals surface area (Å²) in [5.41, 5.74) is 0.671.